The average molecular weight is 517 g/mol. The quantitative estimate of drug-likeness (QED) is 0.169. The lowest BCUT2D eigenvalue weighted by Gasteiger charge is -2.23. The van der Waals surface area contributed by atoms with E-state index in [9.17, 15) is 14.3 Å². The van der Waals surface area contributed by atoms with Gasteiger partial charge in [-0.05, 0) is 17.9 Å². The fourth-order valence-electron chi connectivity index (χ4n) is 3.83. The molecule has 0 aliphatic heterocycles. The molecule has 12 nitrogen and oxygen atoms in total. The van der Waals surface area contributed by atoms with Gasteiger partial charge in [0.2, 0.25) is 5.91 Å². The number of carbonyl (C=O) groups excluding carboxylic acids is 1. The van der Waals surface area contributed by atoms with Crippen LogP contribution in [0.3, 0.4) is 0 Å². The second-order valence-corrected chi connectivity index (χ2v) is 10.3. The molecular formula is C23H30N7O5P. The summed E-state index contributed by atoms with van der Waals surface area (Å²) >= 11 is 0. The van der Waals surface area contributed by atoms with Crippen molar-refractivity contribution < 1.29 is 25.0 Å². The molecule has 13 heteroatoms. The number of hydrogen-bond acceptors (Lipinski definition) is 9. The molecule has 2 aromatic heterocycles. The minimum Gasteiger partial charge on any atom is -0.382 e. The minimum absolute atomic E-state index is 0.0795. The zero-order chi connectivity index (χ0) is 26.6. The van der Waals surface area contributed by atoms with E-state index in [0.29, 0.717) is 29.0 Å². The molecular weight excluding hydrogens is 485 g/mol. The largest absolute Gasteiger partial charge is 0.432 e. The standard InChI is InChI=1S/C23H30N7O5P/c1-15(2)19(28-34-11-16-6-4-3-5-7-16)23(31)29-36(32,33)35-12-17-8-9-18(10-17)30-14-27-20-21(24)25-13-26-22(20)30/h3-9,13-15,17-19,28H,10-12H2,1-2H3,(H2,24,25,26)(H2,29,31,32,33)/t17-,18+,19-/m0/s1/i11D/t11?,17-,18+,19-. The molecule has 1 amide bonds. The van der Waals surface area contributed by atoms with Crippen molar-refractivity contribution in [3.05, 3.63) is 60.7 Å². The number of aromatic nitrogens is 4. The number of fused-ring (bicyclic) bond motifs is 1. The molecule has 1 aliphatic rings. The number of hydrogen-bond donors (Lipinski definition) is 4. The Hall–Kier alpha value is -3.15. The maximum Gasteiger partial charge on any atom is 0.432 e. The number of allylic oxidation sites excluding steroid dienone is 1. The first-order valence-corrected chi connectivity index (χ1v) is 13.0. The summed E-state index contributed by atoms with van der Waals surface area (Å²) in [4.78, 5) is 40.8. The van der Waals surface area contributed by atoms with Gasteiger partial charge in [0.15, 0.2) is 11.5 Å². The first-order valence-electron chi connectivity index (χ1n) is 12.0. The van der Waals surface area contributed by atoms with E-state index < -0.39 is 26.3 Å². The molecule has 2 heterocycles. The first kappa shape index (κ1) is 24.5. The maximum atomic E-state index is 12.7. The number of carbonyl (C=O) groups is 1. The van der Waals surface area contributed by atoms with Crippen LogP contribution < -0.4 is 16.3 Å². The van der Waals surface area contributed by atoms with E-state index in [2.05, 4.69) is 25.5 Å². The molecule has 3 aromatic rings. The van der Waals surface area contributed by atoms with Gasteiger partial charge in [-0.15, -0.1) is 0 Å². The second kappa shape index (κ2) is 11.3. The molecule has 36 heavy (non-hydrogen) atoms. The summed E-state index contributed by atoms with van der Waals surface area (Å²) in [5, 5.41) is 2.07. The summed E-state index contributed by atoms with van der Waals surface area (Å²) in [7, 11) is -4.46. The lowest BCUT2D eigenvalue weighted by Crippen LogP contribution is -2.46. The van der Waals surface area contributed by atoms with Gasteiger partial charge in [0.1, 0.15) is 17.9 Å². The number of nitrogens with two attached hydrogens (primary N) is 1. The number of nitrogens with one attached hydrogen (secondary N) is 2. The van der Waals surface area contributed by atoms with Crippen molar-refractivity contribution >= 4 is 30.6 Å². The van der Waals surface area contributed by atoms with Crippen LogP contribution in [0.2, 0.25) is 0 Å². The van der Waals surface area contributed by atoms with Crippen LogP contribution in [0.4, 0.5) is 5.82 Å². The van der Waals surface area contributed by atoms with Crippen molar-refractivity contribution in [2.45, 2.75) is 38.9 Å². The Morgan fingerprint density at radius 2 is 2.08 bits per heavy atom. The number of nitrogen functional groups attached to an aromatic ring is 1. The van der Waals surface area contributed by atoms with Gasteiger partial charge in [-0.2, -0.15) is 5.48 Å². The van der Waals surface area contributed by atoms with Gasteiger partial charge in [0.25, 0.3) is 0 Å². The summed E-state index contributed by atoms with van der Waals surface area (Å²) in [6, 6.07) is 7.74. The van der Waals surface area contributed by atoms with Gasteiger partial charge < -0.3 is 15.2 Å². The molecule has 1 aromatic carbocycles. The fraction of sp³-hybridized carbons (Fsp3) is 0.391. The predicted octanol–water partition coefficient (Wildman–Crippen LogP) is 2.50. The Morgan fingerprint density at radius 3 is 2.83 bits per heavy atom. The summed E-state index contributed by atoms with van der Waals surface area (Å²) in [5.74, 6) is -0.954. The molecule has 0 spiro atoms. The van der Waals surface area contributed by atoms with Crippen LogP contribution in [0, 0.1) is 11.8 Å². The highest BCUT2D eigenvalue weighted by molar-refractivity contribution is 7.51. The van der Waals surface area contributed by atoms with Gasteiger partial charge in [-0.3, -0.25) is 19.2 Å². The molecule has 192 valence electrons. The Kier molecular flexibility index (Phi) is 7.69. The Bertz CT molecular complexity index is 1310. The van der Waals surface area contributed by atoms with Crippen molar-refractivity contribution in [2.24, 2.45) is 11.8 Å². The van der Waals surface area contributed by atoms with Crippen molar-refractivity contribution in [1.29, 1.82) is 0 Å². The van der Waals surface area contributed by atoms with Crippen molar-refractivity contribution in [3.8, 4) is 0 Å². The summed E-state index contributed by atoms with van der Waals surface area (Å²) in [6.45, 7) is 2.33. The topological polar surface area (TPSA) is 167 Å². The number of benzene rings is 1. The van der Waals surface area contributed by atoms with E-state index in [1.165, 1.54) is 6.33 Å². The highest BCUT2D eigenvalue weighted by Gasteiger charge is 2.32. The molecule has 4 rings (SSSR count). The molecule has 5 N–H and O–H groups in total. The van der Waals surface area contributed by atoms with Crippen LogP contribution in [-0.2, 0) is 25.3 Å². The maximum absolute atomic E-state index is 12.7. The molecule has 0 saturated carbocycles. The van der Waals surface area contributed by atoms with E-state index in [-0.39, 0.29) is 24.5 Å². The smallest absolute Gasteiger partial charge is 0.382 e. The number of imidazole rings is 1. The highest BCUT2D eigenvalue weighted by Crippen LogP contribution is 2.40. The Balaban J connectivity index is 1.29. The van der Waals surface area contributed by atoms with E-state index in [1.807, 2.05) is 22.8 Å². The van der Waals surface area contributed by atoms with Crippen LogP contribution in [0.15, 0.2) is 55.1 Å². The Morgan fingerprint density at radius 1 is 1.31 bits per heavy atom. The summed E-state index contributed by atoms with van der Waals surface area (Å²) < 4.78 is 27.8. The molecule has 0 bridgehead atoms. The zero-order valence-corrected chi connectivity index (χ0v) is 20.8. The molecule has 5 atom stereocenters. The predicted molar refractivity (Wildman–Crippen MR) is 133 cm³/mol. The van der Waals surface area contributed by atoms with Crippen molar-refractivity contribution in [1.82, 2.24) is 30.1 Å². The van der Waals surface area contributed by atoms with E-state index in [1.54, 1.807) is 44.4 Å². The van der Waals surface area contributed by atoms with Gasteiger partial charge in [0, 0.05) is 5.92 Å². The van der Waals surface area contributed by atoms with Crippen LogP contribution >= 0.6 is 7.75 Å². The lowest BCUT2D eigenvalue weighted by molar-refractivity contribution is -0.128. The van der Waals surface area contributed by atoms with Gasteiger partial charge in [0.05, 0.1) is 26.9 Å². The highest BCUT2D eigenvalue weighted by atomic mass is 31.2. The van der Waals surface area contributed by atoms with Crippen LogP contribution in [-0.4, -0.2) is 43.0 Å². The van der Waals surface area contributed by atoms with Crippen LogP contribution in [0.5, 0.6) is 0 Å². The minimum atomic E-state index is -4.46. The first-order chi connectivity index (χ1) is 17.6. The van der Waals surface area contributed by atoms with Gasteiger partial charge >= 0.3 is 7.75 Å². The zero-order valence-electron chi connectivity index (χ0n) is 20.9. The van der Waals surface area contributed by atoms with Crippen molar-refractivity contribution in [3.63, 3.8) is 0 Å². The third-order valence-electron chi connectivity index (χ3n) is 5.75. The molecule has 0 saturated heterocycles. The van der Waals surface area contributed by atoms with E-state index >= 15 is 0 Å². The van der Waals surface area contributed by atoms with Crippen molar-refractivity contribution in [2.75, 3.05) is 12.3 Å². The molecule has 0 radical (unpaired) electrons. The Labute approximate surface area is 209 Å². The lowest BCUT2D eigenvalue weighted by atomic mass is 10.1. The number of hydroxylamine groups is 1. The number of nitrogens with zero attached hydrogens (tertiary/aromatic N) is 4. The fourth-order valence-corrected chi connectivity index (χ4v) is 4.71. The molecule has 0 fully saturated rings. The number of rotatable bonds is 11. The monoisotopic (exact) mass is 516 g/mol. The van der Waals surface area contributed by atoms with E-state index in [4.69, 9.17) is 16.5 Å². The number of anilines is 1. The van der Waals surface area contributed by atoms with Crippen LogP contribution in [0.1, 0.15) is 33.2 Å². The van der Waals surface area contributed by atoms with E-state index in [0.717, 1.165) is 0 Å². The molecule has 2 unspecified atom stereocenters. The summed E-state index contributed by atoms with van der Waals surface area (Å²) in [5.41, 5.74) is 10.1. The average Bonchev–Trinajstić information content (AvgIpc) is 3.50. The van der Waals surface area contributed by atoms with Crippen LogP contribution in [0.25, 0.3) is 11.2 Å². The van der Waals surface area contributed by atoms with Gasteiger partial charge in [-0.1, -0.05) is 56.3 Å². The second-order valence-electron chi connectivity index (χ2n) is 8.81. The SMILES string of the molecule is [2H]C(ON[C@H](C(=O)NP(=O)(O)OC[C@H]1C=C[C@@H](n2cnc3c(N)ncnc32)C1)C(C)C)c1ccccc1. The summed E-state index contributed by atoms with van der Waals surface area (Å²) in [6.07, 6.45) is 7.40. The molecule has 1 aliphatic carbocycles. The normalized spacial score (nSPS) is 21.3. The third-order valence-corrected chi connectivity index (χ3v) is 6.75. The van der Waals surface area contributed by atoms with Gasteiger partial charge in [-0.25, -0.2) is 19.5 Å². The number of amides is 1. The third kappa shape index (κ3) is 6.34.